The van der Waals surface area contributed by atoms with E-state index >= 15 is 0 Å². The molecule has 2 aromatic heterocycles. The third kappa shape index (κ3) is 10.7. The molecular formula is C37H53ClN6O6S. The van der Waals surface area contributed by atoms with Gasteiger partial charge in [-0.15, -0.1) is 0 Å². The summed E-state index contributed by atoms with van der Waals surface area (Å²) >= 11 is 6.37. The van der Waals surface area contributed by atoms with E-state index in [0.717, 1.165) is 19.3 Å². The standard InChI is InChI=1S/C37H53ClN6O6S/c1-23(2)27(24(3)4)22-49-31-18-17-28(40-31)29-16-15-26(33(38)41-29)34(45)43-51(47,48)32-14-10-13-30(42-32)39-21-11-12-25-19-20-37(8,9)44(25)35(46)50-36(5,6)7/h10,13-18,23-25,27-28H,11-12,19-22H2,1-9H3,(H,39,42)(H,43,45). The van der Waals surface area contributed by atoms with Crippen molar-refractivity contribution < 1.29 is 27.5 Å². The number of sulfonamides is 1. The van der Waals surface area contributed by atoms with E-state index in [1.54, 1.807) is 24.3 Å². The SMILES string of the molecule is CC(C)C(COC1=NC(c2ccc(C(=O)NS(=O)(=O)c3cccc(NCCCC4CCC(C)(C)N4C(=O)OC(C)(C)C)n3)c(Cl)n2)C=C1)C(C)C. The molecule has 0 spiro atoms. The van der Waals surface area contributed by atoms with Crippen LogP contribution < -0.4 is 10.0 Å². The predicted molar refractivity (Wildman–Crippen MR) is 199 cm³/mol. The van der Waals surface area contributed by atoms with E-state index in [9.17, 15) is 18.0 Å². The molecule has 4 rings (SSSR count). The molecule has 12 nitrogen and oxygen atoms in total. The molecule has 4 heterocycles. The molecule has 1 saturated heterocycles. The lowest BCUT2D eigenvalue weighted by Crippen LogP contribution is -2.49. The first kappa shape index (κ1) is 40.1. The van der Waals surface area contributed by atoms with Gasteiger partial charge in [-0.25, -0.2) is 24.5 Å². The summed E-state index contributed by atoms with van der Waals surface area (Å²) < 4.78 is 40.0. The first-order valence-corrected chi connectivity index (χ1v) is 19.5. The number of nitrogens with zero attached hydrogens (tertiary/aromatic N) is 4. The zero-order valence-corrected chi connectivity index (χ0v) is 32.8. The third-order valence-corrected chi connectivity index (χ3v) is 10.7. The van der Waals surface area contributed by atoms with Gasteiger partial charge >= 0.3 is 6.09 Å². The van der Waals surface area contributed by atoms with Crippen LogP contribution in [0.15, 0.2) is 52.5 Å². The van der Waals surface area contributed by atoms with Gasteiger partial charge in [-0.3, -0.25) is 4.79 Å². The highest BCUT2D eigenvalue weighted by molar-refractivity contribution is 7.90. The first-order chi connectivity index (χ1) is 23.8. The van der Waals surface area contributed by atoms with Gasteiger partial charge in [0.15, 0.2) is 5.03 Å². The first-order valence-electron chi connectivity index (χ1n) is 17.6. The molecule has 2 aromatic rings. The number of carbonyl (C=O) groups is 2. The summed E-state index contributed by atoms with van der Waals surface area (Å²) in [4.78, 5) is 41.0. The van der Waals surface area contributed by atoms with Gasteiger partial charge in [-0.2, -0.15) is 8.42 Å². The zero-order chi connectivity index (χ0) is 37.7. The summed E-state index contributed by atoms with van der Waals surface area (Å²) in [6.07, 6.45) is 6.52. The molecule has 0 radical (unpaired) electrons. The third-order valence-electron chi connectivity index (χ3n) is 9.18. The number of likely N-dealkylation sites (tertiary alicyclic amines) is 1. The van der Waals surface area contributed by atoms with Crippen LogP contribution in [0, 0.1) is 17.8 Å². The maximum Gasteiger partial charge on any atom is 0.410 e. The molecule has 2 unspecified atom stereocenters. The van der Waals surface area contributed by atoms with Crippen molar-refractivity contribution >= 4 is 45.3 Å². The molecule has 0 saturated carbocycles. The van der Waals surface area contributed by atoms with Crippen LogP contribution in [0.25, 0.3) is 0 Å². The summed E-state index contributed by atoms with van der Waals surface area (Å²) in [5.74, 6) is 1.23. The monoisotopic (exact) mass is 744 g/mol. The van der Waals surface area contributed by atoms with Crippen molar-refractivity contribution in [1.29, 1.82) is 0 Å². The molecule has 1 fully saturated rings. The molecule has 14 heteroatoms. The molecular weight excluding hydrogens is 692 g/mol. The Morgan fingerprint density at radius 3 is 2.43 bits per heavy atom. The van der Waals surface area contributed by atoms with Crippen LogP contribution in [-0.4, -0.2) is 71.5 Å². The topological polar surface area (TPSA) is 152 Å². The summed E-state index contributed by atoms with van der Waals surface area (Å²) in [6, 6.07) is 7.10. The Kier molecular flexibility index (Phi) is 12.8. The Morgan fingerprint density at radius 2 is 1.78 bits per heavy atom. The van der Waals surface area contributed by atoms with Crippen LogP contribution >= 0.6 is 11.6 Å². The number of aromatic nitrogens is 2. The van der Waals surface area contributed by atoms with Crippen LogP contribution in [0.4, 0.5) is 10.6 Å². The fourth-order valence-electron chi connectivity index (χ4n) is 6.46. The normalized spacial score (nSPS) is 18.8. The lowest BCUT2D eigenvalue weighted by atomic mass is 9.86. The number of hydrogen-bond acceptors (Lipinski definition) is 10. The zero-order valence-electron chi connectivity index (χ0n) is 31.2. The number of aliphatic imine (C=N–C) groups is 1. The quantitative estimate of drug-likeness (QED) is 0.156. The van der Waals surface area contributed by atoms with Crippen LogP contribution in [0.5, 0.6) is 0 Å². The number of halogens is 1. The maximum absolute atomic E-state index is 13.2. The minimum Gasteiger partial charge on any atom is -0.478 e. The van der Waals surface area contributed by atoms with E-state index < -0.39 is 27.6 Å². The Labute approximate surface area is 307 Å². The second-order valence-corrected chi connectivity index (χ2v) is 17.5. The van der Waals surface area contributed by atoms with Gasteiger partial charge in [0.1, 0.15) is 22.6 Å². The highest BCUT2D eigenvalue weighted by atomic mass is 35.5. The minimum atomic E-state index is -4.34. The Bertz CT molecular complexity index is 1730. The summed E-state index contributed by atoms with van der Waals surface area (Å²) in [5.41, 5.74) is -0.496. The van der Waals surface area contributed by atoms with Gasteiger partial charge < -0.3 is 19.7 Å². The molecule has 0 aliphatic carbocycles. The second kappa shape index (κ2) is 16.3. The van der Waals surface area contributed by atoms with E-state index in [0.29, 0.717) is 54.7 Å². The number of hydrogen-bond donors (Lipinski definition) is 2. The average Bonchev–Trinajstić information content (AvgIpc) is 3.61. The van der Waals surface area contributed by atoms with Gasteiger partial charge in [0, 0.05) is 18.1 Å². The highest BCUT2D eigenvalue weighted by Crippen LogP contribution is 2.37. The summed E-state index contributed by atoms with van der Waals surface area (Å²) in [6.45, 7) is 19.4. The molecule has 280 valence electrons. The van der Waals surface area contributed by atoms with Gasteiger partial charge in [-0.1, -0.05) is 45.4 Å². The van der Waals surface area contributed by atoms with E-state index in [1.165, 1.54) is 12.1 Å². The minimum absolute atomic E-state index is 0.0352. The number of carbonyl (C=O) groups excluding carboxylic acids is 2. The molecule has 0 bridgehead atoms. The van der Waals surface area contributed by atoms with Gasteiger partial charge in [0.25, 0.3) is 15.9 Å². The molecule has 0 aromatic carbocycles. The number of ether oxygens (including phenoxy) is 2. The van der Waals surface area contributed by atoms with Crippen molar-refractivity contribution in [2.24, 2.45) is 22.7 Å². The Morgan fingerprint density at radius 1 is 1.08 bits per heavy atom. The van der Waals surface area contributed by atoms with Crippen molar-refractivity contribution in [2.75, 3.05) is 18.5 Å². The van der Waals surface area contributed by atoms with Crippen molar-refractivity contribution in [1.82, 2.24) is 19.6 Å². The fraction of sp³-hybridized carbons (Fsp3) is 0.595. The fourth-order valence-corrected chi connectivity index (χ4v) is 7.64. The predicted octanol–water partition coefficient (Wildman–Crippen LogP) is 7.57. The summed E-state index contributed by atoms with van der Waals surface area (Å²) in [5, 5.41) is 2.67. The van der Waals surface area contributed by atoms with E-state index in [1.807, 2.05) is 50.3 Å². The van der Waals surface area contributed by atoms with Crippen molar-refractivity contribution in [3.05, 3.63) is 58.9 Å². The number of rotatable bonds is 13. The van der Waals surface area contributed by atoms with Gasteiger partial charge in [-0.05, 0) is 114 Å². The molecule has 2 N–H and O–H groups in total. The molecule has 2 aliphatic heterocycles. The molecule has 51 heavy (non-hydrogen) atoms. The van der Waals surface area contributed by atoms with E-state index in [2.05, 4.69) is 48.0 Å². The van der Waals surface area contributed by atoms with Gasteiger partial charge in [0.2, 0.25) is 5.90 Å². The van der Waals surface area contributed by atoms with Gasteiger partial charge in [0.05, 0.1) is 17.9 Å². The number of nitrogens with one attached hydrogen (secondary N) is 2. The maximum atomic E-state index is 13.2. The van der Waals surface area contributed by atoms with E-state index in [-0.39, 0.29) is 33.4 Å². The Balaban J connectivity index is 1.32. The molecule has 2 amide bonds. The Hall–Kier alpha value is -3.71. The number of amides is 2. The number of anilines is 1. The van der Waals surface area contributed by atoms with E-state index in [4.69, 9.17) is 21.1 Å². The second-order valence-electron chi connectivity index (χ2n) is 15.5. The molecule has 2 aliphatic rings. The largest absolute Gasteiger partial charge is 0.478 e. The van der Waals surface area contributed by atoms with Crippen LogP contribution in [0.1, 0.15) is 110 Å². The lowest BCUT2D eigenvalue weighted by Gasteiger charge is -2.37. The lowest BCUT2D eigenvalue weighted by molar-refractivity contribution is 0.00293. The van der Waals surface area contributed by atoms with Crippen LogP contribution in [0.3, 0.4) is 0 Å². The smallest absolute Gasteiger partial charge is 0.410 e. The average molecular weight is 745 g/mol. The summed E-state index contributed by atoms with van der Waals surface area (Å²) in [7, 11) is -4.34. The molecule has 2 atom stereocenters. The van der Waals surface area contributed by atoms with Crippen LogP contribution in [0.2, 0.25) is 5.15 Å². The number of pyridine rings is 2. The van der Waals surface area contributed by atoms with Crippen LogP contribution in [-0.2, 0) is 19.5 Å². The van der Waals surface area contributed by atoms with Crippen molar-refractivity contribution in [3.63, 3.8) is 0 Å². The highest BCUT2D eigenvalue weighted by Gasteiger charge is 2.44. The van der Waals surface area contributed by atoms with Crippen molar-refractivity contribution in [3.8, 4) is 0 Å². The van der Waals surface area contributed by atoms with Crippen molar-refractivity contribution in [2.45, 2.75) is 116 Å².